The second-order valence-electron chi connectivity index (χ2n) is 9.04. The number of aryl methyl sites for hydroxylation is 3. The number of rotatable bonds is 5. The topological polar surface area (TPSA) is 76.7 Å². The lowest BCUT2D eigenvalue weighted by atomic mass is 10.0. The molecule has 1 N–H and O–H groups in total. The Balaban J connectivity index is 1.48. The Kier molecular flexibility index (Phi) is 6.32. The molecule has 0 fully saturated rings. The van der Waals surface area contributed by atoms with Crippen molar-refractivity contribution in [1.29, 1.82) is 0 Å². The van der Waals surface area contributed by atoms with E-state index in [0.29, 0.717) is 38.8 Å². The van der Waals surface area contributed by atoms with Crippen molar-refractivity contribution < 1.29 is 28.7 Å². The number of nitrogens with zero attached hydrogens (tertiary/aromatic N) is 1. The van der Waals surface area contributed by atoms with Gasteiger partial charge in [-0.1, -0.05) is 42.5 Å². The first-order chi connectivity index (χ1) is 17.8. The van der Waals surface area contributed by atoms with Crippen LogP contribution in [0.2, 0.25) is 0 Å². The summed E-state index contributed by atoms with van der Waals surface area (Å²) in [5.74, 6) is -0.549. The molecular weight excluding hydrogens is 466 g/mol. The van der Waals surface area contributed by atoms with Gasteiger partial charge in [0.25, 0.3) is 0 Å². The number of pyridine rings is 1. The van der Waals surface area contributed by atoms with Crippen LogP contribution in [0.5, 0.6) is 11.5 Å². The van der Waals surface area contributed by atoms with Crippen molar-refractivity contribution in [1.82, 2.24) is 0 Å². The van der Waals surface area contributed by atoms with Crippen molar-refractivity contribution in [3.8, 4) is 11.5 Å². The zero-order valence-corrected chi connectivity index (χ0v) is 20.8. The predicted molar refractivity (Wildman–Crippen MR) is 141 cm³/mol. The maximum absolute atomic E-state index is 13.6. The van der Waals surface area contributed by atoms with Gasteiger partial charge in [0.15, 0.2) is 0 Å². The predicted octanol–water partition coefficient (Wildman–Crippen LogP) is 5.72. The minimum atomic E-state index is -0.544. The summed E-state index contributed by atoms with van der Waals surface area (Å²) >= 11 is 0. The maximum Gasteiger partial charge on any atom is 0.345 e. The summed E-state index contributed by atoms with van der Waals surface area (Å²) in [6.07, 6.45) is 0. The number of ether oxygens (including phenoxy) is 2. The lowest BCUT2D eigenvalue weighted by Crippen LogP contribution is -2.31. The van der Waals surface area contributed by atoms with Gasteiger partial charge in [0.05, 0.1) is 21.9 Å². The Morgan fingerprint density at radius 1 is 0.784 bits per heavy atom. The number of hydrogen-bond donors (Lipinski definition) is 1. The van der Waals surface area contributed by atoms with E-state index in [1.807, 2.05) is 66.2 Å². The third-order valence-corrected chi connectivity index (χ3v) is 6.45. The van der Waals surface area contributed by atoms with E-state index in [2.05, 4.69) is 0 Å². The molecule has 0 aliphatic heterocycles. The van der Waals surface area contributed by atoms with Crippen molar-refractivity contribution in [2.75, 3.05) is 0 Å². The standard InChI is InChI=1S/C31H25NO5/c1-19-15-22(30(34)36-18-21-9-5-4-6-10-21)16-20(2)29(19)37-31(35)28-24-11-7-8-12-26(24)32(3)27-14-13-23(33)17-25(27)28/h4-17H,18H2,1-3H3/p+1. The number of carbonyl (C=O) groups is 2. The number of para-hydroxylation sites is 1. The number of carbonyl (C=O) groups excluding carboxylic acids is 2. The lowest BCUT2D eigenvalue weighted by Gasteiger charge is -2.14. The normalized spacial score (nSPS) is 11.0. The van der Waals surface area contributed by atoms with Gasteiger partial charge < -0.3 is 14.6 Å². The smallest absolute Gasteiger partial charge is 0.345 e. The Morgan fingerprint density at radius 3 is 2.16 bits per heavy atom. The Morgan fingerprint density at radius 2 is 1.43 bits per heavy atom. The van der Waals surface area contributed by atoms with Gasteiger partial charge in [-0.05, 0) is 60.9 Å². The number of esters is 2. The van der Waals surface area contributed by atoms with E-state index in [1.165, 1.54) is 0 Å². The van der Waals surface area contributed by atoms with Crippen LogP contribution >= 0.6 is 0 Å². The van der Waals surface area contributed by atoms with Crippen molar-refractivity contribution in [2.45, 2.75) is 20.5 Å². The van der Waals surface area contributed by atoms with E-state index in [1.54, 1.807) is 44.2 Å². The van der Waals surface area contributed by atoms with E-state index < -0.39 is 11.9 Å². The number of aromatic hydroxyl groups is 1. The van der Waals surface area contributed by atoms with Crippen LogP contribution in [0.1, 0.15) is 37.4 Å². The van der Waals surface area contributed by atoms with Gasteiger partial charge >= 0.3 is 11.9 Å². The summed E-state index contributed by atoms with van der Waals surface area (Å²) in [7, 11) is 1.92. The average molecular weight is 493 g/mol. The van der Waals surface area contributed by atoms with E-state index in [0.717, 1.165) is 16.6 Å². The molecule has 5 rings (SSSR count). The van der Waals surface area contributed by atoms with Crippen LogP contribution in [0.25, 0.3) is 21.8 Å². The van der Waals surface area contributed by atoms with Crippen LogP contribution in [-0.2, 0) is 18.4 Å². The molecule has 6 nitrogen and oxygen atoms in total. The molecule has 0 saturated heterocycles. The van der Waals surface area contributed by atoms with E-state index in [-0.39, 0.29) is 12.4 Å². The first-order valence-electron chi connectivity index (χ1n) is 11.9. The number of hydrogen-bond acceptors (Lipinski definition) is 5. The molecule has 5 aromatic rings. The molecule has 0 amide bonds. The molecule has 37 heavy (non-hydrogen) atoms. The zero-order valence-electron chi connectivity index (χ0n) is 20.8. The largest absolute Gasteiger partial charge is 0.508 e. The van der Waals surface area contributed by atoms with Crippen LogP contribution < -0.4 is 9.30 Å². The monoisotopic (exact) mass is 492 g/mol. The summed E-state index contributed by atoms with van der Waals surface area (Å²) in [5.41, 5.74) is 4.57. The summed E-state index contributed by atoms with van der Waals surface area (Å²) in [6, 6.07) is 25.3. The van der Waals surface area contributed by atoms with Crippen molar-refractivity contribution in [3.05, 3.63) is 113 Å². The molecule has 0 saturated carbocycles. The molecular formula is C31H26NO5+. The highest BCUT2D eigenvalue weighted by Crippen LogP contribution is 2.31. The fraction of sp³-hybridized carbons (Fsp3) is 0.129. The van der Waals surface area contributed by atoms with Crippen LogP contribution in [0.4, 0.5) is 0 Å². The van der Waals surface area contributed by atoms with Gasteiger partial charge in [-0.3, -0.25) is 0 Å². The summed E-state index contributed by atoms with van der Waals surface area (Å²) in [5, 5.41) is 11.5. The molecule has 0 bridgehead atoms. The Hall–Kier alpha value is -4.71. The highest BCUT2D eigenvalue weighted by atomic mass is 16.5. The SMILES string of the molecule is Cc1cc(C(=O)OCc2ccccc2)cc(C)c1OC(=O)c1c2ccccc2[n+](C)c2ccc(O)cc12. The Bertz CT molecular complexity index is 1650. The van der Waals surface area contributed by atoms with Gasteiger partial charge in [-0.2, -0.15) is 4.57 Å². The van der Waals surface area contributed by atoms with E-state index in [9.17, 15) is 14.7 Å². The van der Waals surface area contributed by atoms with Crippen molar-refractivity contribution in [2.24, 2.45) is 7.05 Å². The first-order valence-corrected chi connectivity index (χ1v) is 11.9. The number of phenolic OH excluding ortho intramolecular Hbond substituents is 1. The van der Waals surface area contributed by atoms with Crippen molar-refractivity contribution in [3.63, 3.8) is 0 Å². The highest BCUT2D eigenvalue weighted by Gasteiger charge is 2.25. The average Bonchev–Trinajstić information content (AvgIpc) is 2.90. The fourth-order valence-electron chi connectivity index (χ4n) is 4.67. The van der Waals surface area contributed by atoms with Crippen molar-refractivity contribution >= 4 is 33.7 Å². The Labute approximate surface area is 214 Å². The molecule has 4 aromatic carbocycles. The van der Waals surface area contributed by atoms with Gasteiger partial charge in [-0.15, -0.1) is 0 Å². The van der Waals surface area contributed by atoms with Gasteiger partial charge in [0.1, 0.15) is 25.2 Å². The third-order valence-electron chi connectivity index (χ3n) is 6.45. The second kappa shape index (κ2) is 9.74. The second-order valence-corrected chi connectivity index (χ2v) is 9.04. The van der Waals surface area contributed by atoms with Gasteiger partial charge in [0, 0.05) is 12.1 Å². The summed E-state index contributed by atoms with van der Waals surface area (Å²) < 4.78 is 13.4. The van der Waals surface area contributed by atoms with E-state index >= 15 is 0 Å². The van der Waals surface area contributed by atoms with Crippen LogP contribution in [-0.4, -0.2) is 17.0 Å². The first kappa shape index (κ1) is 24.0. The number of phenols is 1. The summed E-state index contributed by atoms with van der Waals surface area (Å²) in [4.78, 5) is 26.3. The molecule has 184 valence electrons. The quantitative estimate of drug-likeness (QED) is 0.147. The molecule has 0 radical (unpaired) electrons. The molecule has 1 aromatic heterocycles. The molecule has 0 spiro atoms. The molecule has 0 unspecified atom stereocenters. The third kappa shape index (κ3) is 4.61. The van der Waals surface area contributed by atoms with Gasteiger partial charge in [0.2, 0.25) is 11.0 Å². The number of aromatic nitrogens is 1. The zero-order chi connectivity index (χ0) is 26.1. The number of benzene rings is 4. The molecule has 0 aliphatic carbocycles. The van der Waals surface area contributed by atoms with Gasteiger partial charge in [-0.25, -0.2) is 9.59 Å². The fourth-order valence-corrected chi connectivity index (χ4v) is 4.67. The van der Waals surface area contributed by atoms with Crippen LogP contribution in [0.3, 0.4) is 0 Å². The van der Waals surface area contributed by atoms with E-state index in [4.69, 9.17) is 9.47 Å². The number of fused-ring (bicyclic) bond motifs is 2. The molecule has 6 heteroatoms. The van der Waals surface area contributed by atoms with Crippen LogP contribution in [0, 0.1) is 13.8 Å². The lowest BCUT2D eigenvalue weighted by molar-refractivity contribution is -0.617. The van der Waals surface area contributed by atoms with Crippen LogP contribution in [0.15, 0.2) is 84.9 Å². The molecule has 0 aliphatic rings. The summed E-state index contributed by atoms with van der Waals surface area (Å²) in [6.45, 7) is 3.75. The molecule has 0 atom stereocenters. The minimum Gasteiger partial charge on any atom is -0.508 e. The minimum absolute atomic E-state index is 0.0579. The maximum atomic E-state index is 13.6. The highest BCUT2D eigenvalue weighted by molar-refractivity contribution is 6.13. The molecule has 1 heterocycles.